The van der Waals surface area contributed by atoms with E-state index in [1.165, 1.54) is 12.1 Å². The fourth-order valence-corrected chi connectivity index (χ4v) is 2.31. The van der Waals surface area contributed by atoms with Gasteiger partial charge in [-0.2, -0.15) is 0 Å². The molecule has 1 aliphatic heterocycles. The van der Waals surface area contributed by atoms with E-state index < -0.39 is 0 Å². The zero-order valence-electron chi connectivity index (χ0n) is 10.6. The molecule has 1 saturated heterocycles. The molecule has 0 spiro atoms. The average molecular weight is 250 g/mol. The first-order valence-electron chi connectivity index (χ1n) is 6.40. The molecule has 4 heteroatoms. The Morgan fingerprint density at radius 2 is 2.44 bits per heavy atom. The van der Waals surface area contributed by atoms with Crippen LogP contribution in [0.15, 0.2) is 24.3 Å². The topological polar surface area (TPSA) is 41.1 Å². The Bertz CT molecular complexity index is 416. The quantitative estimate of drug-likeness (QED) is 0.858. The van der Waals surface area contributed by atoms with Crippen LogP contribution in [-0.4, -0.2) is 19.0 Å². The highest BCUT2D eigenvalue weighted by atomic mass is 19.1. The number of halogens is 1. The fraction of sp³-hybridized carbons (Fsp3) is 0.500. The van der Waals surface area contributed by atoms with Crippen LogP contribution in [0.5, 0.6) is 0 Å². The van der Waals surface area contributed by atoms with Crippen LogP contribution in [0.3, 0.4) is 0 Å². The van der Waals surface area contributed by atoms with Gasteiger partial charge in [-0.25, -0.2) is 4.39 Å². The number of carbonyl (C=O) groups excluding carboxylic acids is 1. The van der Waals surface area contributed by atoms with Gasteiger partial charge in [-0.05, 0) is 50.0 Å². The maximum absolute atomic E-state index is 13.1. The van der Waals surface area contributed by atoms with Crippen LogP contribution < -0.4 is 10.6 Å². The zero-order chi connectivity index (χ0) is 13.0. The molecule has 3 nitrogen and oxygen atoms in total. The standard InChI is InChI=1S/C14H19FN2O/c1-10(12-3-2-4-13(15)8-12)17-14(18)7-11-5-6-16-9-11/h2-4,8,10-11,16H,5-7,9H2,1H3,(H,17,18)/t10-,11?/m0/s1. The predicted octanol–water partition coefficient (Wildman–Crippen LogP) is 2.00. The number of amides is 1. The first kappa shape index (κ1) is 13.0. The Labute approximate surface area is 107 Å². The predicted molar refractivity (Wildman–Crippen MR) is 68.6 cm³/mol. The summed E-state index contributed by atoms with van der Waals surface area (Å²) < 4.78 is 13.1. The summed E-state index contributed by atoms with van der Waals surface area (Å²) in [6.07, 6.45) is 1.61. The van der Waals surface area contributed by atoms with Crippen LogP contribution >= 0.6 is 0 Å². The molecule has 1 aliphatic rings. The molecule has 0 bridgehead atoms. The van der Waals surface area contributed by atoms with Gasteiger partial charge in [-0.1, -0.05) is 12.1 Å². The van der Waals surface area contributed by atoms with Gasteiger partial charge >= 0.3 is 0 Å². The smallest absolute Gasteiger partial charge is 0.220 e. The Morgan fingerprint density at radius 1 is 1.61 bits per heavy atom. The molecule has 1 unspecified atom stereocenters. The Morgan fingerprint density at radius 3 is 3.11 bits per heavy atom. The minimum atomic E-state index is -0.270. The second-order valence-corrected chi connectivity index (χ2v) is 4.91. The third-order valence-corrected chi connectivity index (χ3v) is 3.36. The van der Waals surface area contributed by atoms with Crippen LogP contribution in [0.4, 0.5) is 4.39 Å². The van der Waals surface area contributed by atoms with E-state index in [2.05, 4.69) is 10.6 Å². The van der Waals surface area contributed by atoms with Crippen molar-refractivity contribution in [2.24, 2.45) is 5.92 Å². The third kappa shape index (κ3) is 3.53. The summed E-state index contributed by atoms with van der Waals surface area (Å²) in [5.74, 6) is 0.207. The number of benzene rings is 1. The Hall–Kier alpha value is -1.42. The van der Waals surface area contributed by atoms with Gasteiger partial charge in [0, 0.05) is 6.42 Å². The van der Waals surface area contributed by atoms with E-state index in [1.54, 1.807) is 6.07 Å². The molecule has 1 amide bonds. The number of carbonyl (C=O) groups is 1. The molecule has 1 fully saturated rings. The number of rotatable bonds is 4. The van der Waals surface area contributed by atoms with Crippen molar-refractivity contribution in [3.8, 4) is 0 Å². The molecule has 98 valence electrons. The van der Waals surface area contributed by atoms with E-state index in [4.69, 9.17) is 0 Å². The Balaban J connectivity index is 1.86. The summed E-state index contributed by atoms with van der Waals surface area (Å²) in [5.41, 5.74) is 0.799. The highest BCUT2D eigenvalue weighted by molar-refractivity contribution is 5.76. The van der Waals surface area contributed by atoms with Gasteiger partial charge in [0.15, 0.2) is 0 Å². The van der Waals surface area contributed by atoms with Crippen molar-refractivity contribution in [1.82, 2.24) is 10.6 Å². The van der Waals surface area contributed by atoms with Gasteiger partial charge in [0.25, 0.3) is 0 Å². The summed E-state index contributed by atoms with van der Waals surface area (Å²) in [6, 6.07) is 6.20. The van der Waals surface area contributed by atoms with Crippen LogP contribution in [0, 0.1) is 11.7 Å². The minimum absolute atomic E-state index is 0.0421. The van der Waals surface area contributed by atoms with Crippen LogP contribution in [0.2, 0.25) is 0 Å². The lowest BCUT2D eigenvalue weighted by Crippen LogP contribution is -2.28. The molecular weight excluding hydrogens is 231 g/mol. The average Bonchev–Trinajstić information content (AvgIpc) is 2.81. The van der Waals surface area contributed by atoms with Crippen molar-refractivity contribution in [2.45, 2.75) is 25.8 Å². The number of hydrogen-bond acceptors (Lipinski definition) is 2. The maximum Gasteiger partial charge on any atom is 0.220 e. The van der Waals surface area contributed by atoms with E-state index >= 15 is 0 Å². The van der Waals surface area contributed by atoms with Gasteiger partial charge in [0.05, 0.1) is 6.04 Å². The number of hydrogen-bond donors (Lipinski definition) is 2. The molecule has 0 saturated carbocycles. The highest BCUT2D eigenvalue weighted by Crippen LogP contribution is 2.16. The Kier molecular flexibility index (Phi) is 4.31. The second-order valence-electron chi connectivity index (χ2n) is 4.91. The number of nitrogens with one attached hydrogen (secondary N) is 2. The molecule has 2 N–H and O–H groups in total. The van der Waals surface area contributed by atoms with Gasteiger partial charge in [0.1, 0.15) is 5.82 Å². The fourth-order valence-electron chi connectivity index (χ4n) is 2.31. The molecule has 1 heterocycles. The summed E-state index contributed by atoms with van der Waals surface area (Å²) in [4.78, 5) is 11.8. The molecule has 18 heavy (non-hydrogen) atoms. The van der Waals surface area contributed by atoms with Crippen molar-refractivity contribution in [2.75, 3.05) is 13.1 Å². The van der Waals surface area contributed by atoms with Gasteiger partial charge < -0.3 is 10.6 Å². The molecule has 1 aromatic rings. The van der Waals surface area contributed by atoms with Crippen LogP contribution in [0.1, 0.15) is 31.4 Å². The lowest BCUT2D eigenvalue weighted by Gasteiger charge is -2.16. The molecule has 0 aliphatic carbocycles. The van der Waals surface area contributed by atoms with Crippen molar-refractivity contribution in [1.29, 1.82) is 0 Å². The first-order chi connectivity index (χ1) is 8.65. The largest absolute Gasteiger partial charge is 0.350 e. The highest BCUT2D eigenvalue weighted by Gasteiger charge is 2.19. The second kappa shape index (κ2) is 5.96. The molecule has 2 rings (SSSR count). The van der Waals surface area contributed by atoms with E-state index in [0.29, 0.717) is 12.3 Å². The van der Waals surface area contributed by atoms with Gasteiger partial charge in [-0.15, -0.1) is 0 Å². The van der Waals surface area contributed by atoms with Crippen molar-refractivity contribution in [3.05, 3.63) is 35.6 Å². The minimum Gasteiger partial charge on any atom is -0.350 e. The normalized spacial score (nSPS) is 20.7. The van der Waals surface area contributed by atoms with Crippen molar-refractivity contribution >= 4 is 5.91 Å². The SMILES string of the molecule is C[C@H](NC(=O)CC1CCNC1)c1cccc(F)c1. The summed E-state index contributed by atoms with van der Waals surface area (Å²) >= 11 is 0. The van der Waals surface area contributed by atoms with Gasteiger partial charge in [-0.3, -0.25) is 4.79 Å². The summed E-state index contributed by atoms with van der Waals surface area (Å²) in [5, 5.41) is 6.16. The molecule has 2 atom stereocenters. The van der Waals surface area contributed by atoms with Crippen LogP contribution in [0.25, 0.3) is 0 Å². The first-order valence-corrected chi connectivity index (χ1v) is 6.40. The molecular formula is C14H19FN2O. The molecule has 0 aromatic heterocycles. The van der Waals surface area contributed by atoms with Crippen LogP contribution in [-0.2, 0) is 4.79 Å². The summed E-state index contributed by atoms with van der Waals surface area (Å²) in [6.45, 7) is 3.79. The van der Waals surface area contributed by atoms with Crippen molar-refractivity contribution in [3.63, 3.8) is 0 Å². The van der Waals surface area contributed by atoms with E-state index in [0.717, 1.165) is 25.1 Å². The third-order valence-electron chi connectivity index (χ3n) is 3.36. The summed E-state index contributed by atoms with van der Waals surface area (Å²) in [7, 11) is 0. The van der Waals surface area contributed by atoms with E-state index in [-0.39, 0.29) is 17.8 Å². The van der Waals surface area contributed by atoms with E-state index in [9.17, 15) is 9.18 Å². The van der Waals surface area contributed by atoms with E-state index in [1.807, 2.05) is 13.0 Å². The van der Waals surface area contributed by atoms with Gasteiger partial charge in [0.2, 0.25) is 5.91 Å². The lowest BCUT2D eigenvalue weighted by atomic mass is 10.0. The monoisotopic (exact) mass is 250 g/mol. The lowest BCUT2D eigenvalue weighted by molar-refractivity contribution is -0.122. The molecule has 1 aromatic carbocycles. The van der Waals surface area contributed by atoms with Crippen molar-refractivity contribution < 1.29 is 9.18 Å². The maximum atomic E-state index is 13.1. The molecule has 0 radical (unpaired) electrons. The zero-order valence-corrected chi connectivity index (χ0v) is 10.6.